The molecule has 1 aromatic heterocycles. The van der Waals surface area contributed by atoms with E-state index in [0.29, 0.717) is 5.92 Å². The monoisotopic (exact) mass is 241 g/mol. The summed E-state index contributed by atoms with van der Waals surface area (Å²) in [6.07, 6.45) is 1.02. The zero-order valence-corrected chi connectivity index (χ0v) is 11.4. The van der Waals surface area contributed by atoms with Gasteiger partial charge in [0.25, 0.3) is 0 Å². The quantitative estimate of drug-likeness (QED) is 0.796. The molecule has 0 spiro atoms. The molecule has 4 heteroatoms. The van der Waals surface area contributed by atoms with E-state index in [-0.39, 0.29) is 0 Å². The van der Waals surface area contributed by atoms with Gasteiger partial charge in [0, 0.05) is 18.0 Å². The summed E-state index contributed by atoms with van der Waals surface area (Å²) in [5, 5.41) is 4.54. The molecule has 0 bridgehead atoms. The van der Waals surface area contributed by atoms with Crippen LogP contribution in [0.4, 0.5) is 0 Å². The maximum absolute atomic E-state index is 5.60. The van der Waals surface area contributed by atoms with Gasteiger partial charge in [0.1, 0.15) is 0 Å². The summed E-state index contributed by atoms with van der Waals surface area (Å²) in [5.41, 5.74) is 8.14. The van der Waals surface area contributed by atoms with Crippen LogP contribution in [0.5, 0.6) is 0 Å². The van der Waals surface area contributed by atoms with Crippen molar-refractivity contribution in [2.24, 2.45) is 11.7 Å². The molecule has 2 N–H and O–H groups in total. The average molecular weight is 241 g/mol. The molecule has 0 aromatic carbocycles. The molecule has 1 rings (SSSR count). The van der Waals surface area contributed by atoms with Gasteiger partial charge in [0.15, 0.2) is 0 Å². The van der Waals surface area contributed by atoms with Gasteiger partial charge in [-0.1, -0.05) is 13.8 Å². The lowest BCUT2D eigenvalue weighted by Crippen LogP contribution is -2.13. The van der Waals surface area contributed by atoms with Gasteiger partial charge < -0.3 is 5.73 Å². The first-order chi connectivity index (χ1) is 7.71. The molecule has 1 atom stereocenters. The second-order valence-electron chi connectivity index (χ2n) is 4.15. The van der Waals surface area contributed by atoms with E-state index in [9.17, 15) is 0 Å². The first-order valence-electron chi connectivity index (χ1n) is 6.04. The second kappa shape index (κ2) is 6.97. The van der Waals surface area contributed by atoms with Crippen LogP contribution < -0.4 is 5.73 Å². The van der Waals surface area contributed by atoms with Gasteiger partial charge in [0.2, 0.25) is 0 Å². The Labute approximate surface area is 103 Å². The van der Waals surface area contributed by atoms with E-state index < -0.39 is 0 Å². The van der Waals surface area contributed by atoms with Crippen molar-refractivity contribution < 1.29 is 0 Å². The molecule has 16 heavy (non-hydrogen) atoms. The Morgan fingerprint density at radius 3 is 2.81 bits per heavy atom. The molecule has 0 aliphatic heterocycles. The topological polar surface area (TPSA) is 43.8 Å². The van der Waals surface area contributed by atoms with Crippen molar-refractivity contribution in [1.29, 1.82) is 0 Å². The Hall–Kier alpha value is -0.480. The van der Waals surface area contributed by atoms with Crippen LogP contribution in [0.2, 0.25) is 0 Å². The molecule has 0 saturated carbocycles. The van der Waals surface area contributed by atoms with Crippen LogP contribution in [0.1, 0.15) is 32.2 Å². The summed E-state index contributed by atoms with van der Waals surface area (Å²) in [4.78, 5) is 0. The van der Waals surface area contributed by atoms with Crippen molar-refractivity contribution in [3.05, 3.63) is 17.5 Å². The van der Waals surface area contributed by atoms with Crippen molar-refractivity contribution in [3.8, 4) is 0 Å². The summed E-state index contributed by atoms with van der Waals surface area (Å²) >= 11 is 1.95. The Kier molecular flexibility index (Phi) is 5.91. The van der Waals surface area contributed by atoms with Gasteiger partial charge in [0.05, 0.1) is 5.69 Å². The standard InChI is InChI=1S/C12H23N3S/c1-4-11-6-12(15(5-2)14-11)9-16-8-10(3)7-13/h6,10H,4-5,7-9,13H2,1-3H3. The molecule has 0 aliphatic carbocycles. The SMILES string of the molecule is CCc1cc(CSCC(C)CN)n(CC)n1. The van der Waals surface area contributed by atoms with Gasteiger partial charge in [-0.25, -0.2) is 0 Å². The van der Waals surface area contributed by atoms with Crippen molar-refractivity contribution in [2.45, 2.75) is 39.5 Å². The Morgan fingerprint density at radius 2 is 2.25 bits per heavy atom. The molecule has 0 amide bonds. The molecule has 0 saturated heterocycles. The number of hydrogen-bond donors (Lipinski definition) is 1. The smallest absolute Gasteiger partial charge is 0.0625 e. The molecular weight excluding hydrogens is 218 g/mol. The van der Waals surface area contributed by atoms with Crippen LogP contribution in [-0.4, -0.2) is 22.1 Å². The van der Waals surface area contributed by atoms with Crippen molar-refractivity contribution in [1.82, 2.24) is 9.78 Å². The third-order valence-electron chi connectivity index (χ3n) is 2.63. The highest BCUT2D eigenvalue weighted by molar-refractivity contribution is 7.98. The van der Waals surface area contributed by atoms with Gasteiger partial charge in [-0.15, -0.1) is 0 Å². The van der Waals surface area contributed by atoms with Crippen LogP contribution in [0.15, 0.2) is 6.07 Å². The normalized spacial score (nSPS) is 13.0. The summed E-state index contributed by atoms with van der Waals surface area (Å²) in [6.45, 7) is 8.23. The fraction of sp³-hybridized carbons (Fsp3) is 0.750. The third kappa shape index (κ3) is 3.83. The van der Waals surface area contributed by atoms with Gasteiger partial charge in [-0.2, -0.15) is 16.9 Å². The number of nitrogens with two attached hydrogens (primary N) is 1. The lowest BCUT2D eigenvalue weighted by molar-refractivity contribution is 0.627. The minimum atomic E-state index is 0.605. The lowest BCUT2D eigenvalue weighted by Gasteiger charge is -2.08. The zero-order chi connectivity index (χ0) is 12.0. The van der Waals surface area contributed by atoms with Crippen LogP contribution >= 0.6 is 11.8 Å². The number of nitrogens with zero attached hydrogens (tertiary/aromatic N) is 2. The molecule has 0 radical (unpaired) electrons. The minimum absolute atomic E-state index is 0.605. The van der Waals surface area contributed by atoms with Gasteiger partial charge >= 0.3 is 0 Å². The Bertz CT molecular complexity index is 309. The van der Waals surface area contributed by atoms with E-state index in [0.717, 1.165) is 31.0 Å². The fourth-order valence-corrected chi connectivity index (χ4v) is 2.61. The van der Waals surface area contributed by atoms with Crippen molar-refractivity contribution >= 4 is 11.8 Å². The fourth-order valence-electron chi connectivity index (χ4n) is 1.51. The maximum Gasteiger partial charge on any atom is 0.0625 e. The minimum Gasteiger partial charge on any atom is -0.330 e. The van der Waals surface area contributed by atoms with E-state index in [2.05, 4.69) is 36.6 Å². The highest BCUT2D eigenvalue weighted by Crippen LogP contribution is 2.16. The van der Waals surface area contributed by atoms with E-state index in [4.69, 9.17) is 5.73 Å². The number of aryl methyl sites for hydroxylation is 2. The Balaban J connectivity index is 2.49. The molecule has 1 unspecified atom stereocenters. The van der Waals surface area contributed by atoms with E-state index in [1.54, 1.807) is 0 Å². The number of rotatable bonds is 7. The number of thioether (sulfide) groups is 1. The van der Waals surface area contributed by atoms with Crippen LogP contribution in [0.3, 0.4) is 0 Å². The molecule has 3 nitrogen and oxygen atoms in total. The summed E-state index contributed by atoms with van der Waals surface area (Å²) in [7, 11) is 0. The zero-order valence-electron chi connectivity index (χ0n) is 10.6. The first-order valence-corrected chi connectivity index (χ1v) is 7.20. The van der Waals surface area contributed by atoms with Crippen LogP contribution in [-0.2, 0) is 18.7 Å². The largest absolute Gasteiger partial charge is 0.330 e. The number of hydrogen-bond acceptors (Lipinski definition) is 3. The average Bonchev–Trinajstić information content (AvgIpc) is 2.71. The van der Waals surface area contributed by atoms with Gasteiger partial charge in [-0.05, 0) is 37.6 Å². The molecular formula is C12H23N3S. The highest BCUT2D eigenvalue weighted by Gasteiger charge is 2.06. The highest BCUT2D eigenvalue weighted by atomic mass is 32.2. The van der Waals surface area contributed by atoms with E-state index in [1.807, 2.05) is 11.8 Å². The number of aromatic nitrogens is 2. The second-order valence-corrected chi connectivity index (χ2v) is 5.18. The van der Waals surface area contributed by atoms with Gasteiger partial charge in [-0.3, -0.25) is 4.68 Å². The molecule has 0 aliphatic rings. The molecule has 1 heterocycles. The first kappa shape index (κ1) is 13.6. The van der Waals surface area contributed by atoms with E-state index >= 15 is 0 Å². The predicted molar refractivity (Wildman–Crippen MR) is 71.7 cm³/mol. The Morgan fingerprint density at radius 1 is 1.50 bits per heavy atom. The van der Waals surface area contributed by atoms with Crippen LogP contribution in [0.25, 0.3) is 0 Å². The molecule has 92 valence electrons. The molecule has 1 aromatic rings. The molecule has 0 fully saturated rings. The van der Waals surface area contributed by atoms with Crippen molar-refractivity contribution in [2.75, 3.05) is 12.3 Å². The van der Waals surface area contributed by atoms with Crippen molar-refractivity contribution in [3.63, 3.8) is 0 Å². The lowest BCUT2D eigenvalue weighted by atomic mass is 10.2. The van der Waals surface area contributed by atoms with Crippen LogP contribution in [0, 0.1) is 5.92 Å². The predicted octanol–water partition coefficient (Wildman–Crippen LogP) is 2.29. The maximum atomic E-state index is 5.60. The third-order valence-corrected chi connectivity index (χ3v) is 3.94. The summed E-state index contributed by atoms with van der Waals surface area (Å²) in [6, 6.07) is 2.23. The summed E-state index contributed by atoms with van der Waals surface area (Å²) in [5.74, 6) is 2.78. The van der Waals surface area contributed by atoms with E-state index in [1.165, 1.54) is 11.4 Å². The summed E-state index contributed by atoms with van der Waals surface area (Å²) < 4.78 is 2.11.